The molecule has 0 fully saturated rings. The van der Waals surface area contributed by atoms with E-state index in [9.17, 15) is 22.4 Å². The fraction of sp³-hybridized carbons (Fsp3) is 0. The third-order valence-electron chi connectivity index (χ3n) is 5.62. The van der Waals surface area contributed by atoms with E-state index in [4.69, 9.17) is 4.74 Å². The molecule has 0 spiro atoms. The molecule has 0 amide bonds. The number of carbonyl (C=O) groups is 1. The minimum absolute atomic E-state index is 0.204. The fourth-order valence-corrected chi connectivity index (χ4v) is 8.73. The Morgan fingerprint density at radius 1 is 0.667 bits per heavy atom. The van der Waals surface area contributed by atoms with E-state index in [1.165, 1.54) is 0 Å². The molecule has 196 valence electrons. The average Bonchev–Trinajstić information content (AvgIpc) is 2.86. The zero-order valence-electron chi connectivity index (χ0n) is 19.5. The maximum absolute atomic E-state index is 14.3. The van der Waals surface area contributed by atoms with Crippen molar-refractivity contribution in [2.45, 2.75) is 14.7 Å². The quantitative estimate of drug-likeness (QED) is 0.0440. The zero-order valence-corrected chi connectivity index (χ0v) is 26.7. The summed E-state index contributed by atoms with van der Waals surface area (Å²) in [6.45, 7) is 0. The van der Waals surface area contributed by atoms with E-state index >= 15 is 0 Å². The van der Waals surface area contributed by atoms with Crippen LogP contribution in [-0.2, 0) is 10.9 Å². The summed E-state index contributed by atoms with van der Waals surface area (Å²) in [4.78, 5) is 14.2. The van der Waals surface area contributed by atoms with Gasteiger partial charge < -0.3 is 4.74 Å². The molecular weight excluding hydrogens is 869 g/mol. The van der Waals surface area contributed by atoms with Crippen molar-refractivity contribution in [2.24, 2.45) is 0 Å². The van der Waals surface area contributed by atoms with E-state index in [1.807, 2.05) is 6.07 Å². The Morgan fingerprint density at radius 2 is 1.21 bits per heavy atom. The SMILES string of the molecule is O=C(Oc1ccc([S+](c2cc(F)cc(F)c2)c2cc(F)cc(F)c2)c2ccccc12)c1cc(I)cc(I)c1I. The van der Waals surface area contributed by atoms with Gasteiger partial charge in [-0.3, -0.25) is 0 Å². The highest BCUT2D eigenvalue weighted by Crippen LogP contribution is 2.40. The van der Waals surface area contributed by atoms with Crippen molar-refractivity contribution in [2.75, 3.05) is 0 Å². The maximum Gasteiger partial charge on any atom is 0.344 e. The standard InChI is InChI=1S/C29H14F4I3O2S/c30-15-7-16(31)10-20(9-15)39(21-11-17(32)8-18(33)12-21)27-6-5-26(22-3-1-2-4-23(22)27)38-29(37)24-13-19(34)14-25(35)28(24)36/h1-14H/q+1. The molecule has 0 aliphatic heterocycles. The minimum Gasteiger partial charge on any atom is -0.422 e. The van der Waals surface area contributed by atoms with Gasteiger partial charge >= 0.3 is 5.97 Å². The monoisotopic (exact) mass is 883 g/mol. The Kier molecular flexibility index (Phi) is 8.74. The number of esters is 1. The predicted octanol–water partition coefficient (Wildman–Crippen LogP) is 9.52. The summed E-state index contributed by atoms with van der Waals surface area (Å²) in [5.74, 6) is -3.49. The largest absolute Gasteiger partial charge is 0.422 e. The van der Waals surface area contributed by atoms with Crippen LogP contribution in [0.3, 0.4) is 0 Å². The van der Waals surface area contributed by atoms with Crippen LogP contribution in [0.4, 0.5) is 17.6 Å². The van der Waals surface area contributed by atoms with Gasteiger partial charge in [-0.15, -0.1) is 0 Å². The highest BCUT2D eigenvalue weighted by Gasteiger charge is 2.34. The first kappa shape index (κ1) is 28.6. The number of benzene rings is 5. The molecule has 39 heavy (non-hydrogen) atoms. The summed E-state index contributed by atoms with van der Waals surface area (Å²) in [6.07, 6.45) is 0. The zero-order chi connectivity index (χ0) is 27.8. The molecule has 5 rings (SSSR count). The molecule has 0 aliphatic rings. The average molecular weight is 883 g/mol. The summed E-state index contributed by atoms with van der Waals surface area (Å²) >= 11 is 6.40. The van der Waals surface area contributed by atoms with E-state index in [1.54, 1.807) is 42.5 Å². The molecule has 0 aromatic heterocycles. The molecule has 2 nitrogen and oxygen atoms in total. The van der Waals surface area contributed by atoms with Crippen molar-refractivity contribution >= 4 is 95.4 Å². The van der Waals surface area contributed by atoms with E-state index in [0.717, 1.165) is 47.1 Å². The summed E-state index contributed by atoms with van der Waals surface area (Å²) < 4.78 is 65.6. The van der Waals surface area contributed by atoms with E-state index in [0.29, 0.717) is 21.2 Å². The number of carbonyl (C=O) groups excluding carboxylic acids is 1. The number of hydrogen-bond acceptors (Lipinski definition) is 2. The molecule has 5 aromatic rings. The predicted molar refractivity (Wildman–Crippen MR) is 168 cm³/mol. The van der Waals surface area contributed by atoms with Crippen LogP contribution in [0.25, 0.3) is 10.8 Å². The molecule has 0 radical (unpaired) electrons. The van der Waals surface area contributed by atoms with Crippen molar-refractivity contribution in [1.82, 2.24) is 0 Å². The summed E-state index contributed by atoms with van der Waals surface area (Å²) in [7, 11) is -1.30. The van der Waals surface area contributed by atoms with Gasteiger partial charge in [0.15, 0.2) is 14.7 Å². The van der Waals surface area contributed by atoms with E-state index in [-0.39, 0.29) is 15.5 Å². The van der Waals surface area contributed by atoms with Gasteiger partial charge in [0.25, 0.3) is 0 Å². The Labute approximate surface area is 264 Å². The Bertz CT molecular complexity index is 1670. The van der Waals surface area contributed by atoms with Gasteiger partial charge in [-0.2, -0.15) is 0 Å². The normalized spacial score (nSPS) is 11.3. The highest BCUT2D eigenvalue weighted by molar-refractivity contribution is 14.1. The Balaban J connectivity index is 1.68. The molecule has 0 unspecified atom stereocenters. The lowest BCUT2D eigenvalue weighted by Crippen LogP contribution is -2.12. The summed E-state index contributed by atoms with van der Waals surface area (Å²) in [5.41, 5.74) is 0.422. The topological polar surface area (TPSA) is 26.3 Å². The van der Waals surface area contributed by atoms with Gasteiger partial charge in [0.1, 0.15) is 39.9 Å². The van der Waals surface area contributed by atoms with Gasteiger partial charge in [0, 0.05) is 57.9 Å². The molecule has 0 saturated heterocycles. The first-order valence-corrected chi connectivity index (χ1v) is 15.6. The van der Waals surface area contributed by atoms with Crippen molar-refractivity contribution < 1.29 is 27.1 Å². The Hall–Kier alpha value is -1.91. The van der Waals surface area contributed by atoms with Crippen molar-refractivity contribution in [3.8, 4) is 5.75 Å². The van der Waals surface area contributed by atoms with E-state index < -0.39 is 40.1 Å². The van der Waals surface area contributed by atoms with Gasteiger partial charge in [-0.25, -0.2) is 22.4 Å². The summed E-state index contributed by atoms with van der Waals surface area (Å²) in [5, 5.41) is 1.16. The minimum atomic E-state index is -1.30. The fourth-order valence-electron chi connectivity index (χ4n) is 4.05. The third-order valence-corrected chi connectivity index (χ3v) is 11.5. The molecule has 0 bridgehead atoms. The second kappa shape index (κ2) is 11.9. The van der Waals surface area contributed by atoms with Gasteiger partial charge in [0.05, 0.1) is 5.56 Å². The lowest BCUT2D eigenvalue weighted by Gasteiger charge is -2.14. The first-order chi connectivity index (χ1) is 18.6. The van der Waals surface area contributed by atoms with Crippen LogP contribution in [0.1, 0.15) is 10.4 Å². The number of rotatable bonds is 5. The van der Waals surface area contributed by atoms with Crippen LogP contribution in [0.2, 0.25) is 0 Å². The molecule has 10 heteroatoms. The van der Waals surface area contributed by atoms with Gasteiger partial charge in [-0.1, -0.05) is 18.2 Å². The molecule has 0 N–H and O–H groups in total. The molecule has 0 aliphatic carbocycles. The molecule has 0 saturated carbocycles. The lowest BCUT2D eigenvalue weighted by molar-refractivity contribution is 0.0735. The molecule has 0 heterocycles. The van der Waals surface area contributed by atoms with Crippen molar-refractivity contribution in [3.05, 3.63) is 124 Å². The number of halogens is 7. The molecule has 0 atom stereocenters. The molecule has 5 aromatic carbocycles. The maximum atomic E-state index is 14.3. The number of hydrogen-bond donors (Lipinski definition) is 0. The van der Waals surface area contributed by atoms with Crippen LogP contribution >= 0.6 is 67.8 Å². The van der Waals surface area contributed by atoms with Crippen LogP contribution in [0, 0.1) is 34.0 Å². The van der Waals surface area contributed by atoms with Crippen LogP contribution in [-0.4, -0.2) is 5.97 Å². The molecular formula is C29H14F4I3O2S+. The third kappa shape index (κ3) is 6.22. The lowest BCUT2D eigenvalue weighted by atomic mass is 10.1. The highest BCUT2D eigenvalue weighted by atomic mass is 127. The second-order valence-electron chi connectivity index (χ2n) is 8.26. The number of fused-ring (bicyclic) bond motifs is 1. The number of ether oxygens (including phenoxy) is 1. The Morgan fingerprint density at radius 3 is 1.77 bits per heavy atom. The van der Waals surface area contributed by atoms with Crippen molar-refractivity contribution in [1.29, 1.82) is 0 Å². The smallest absolute Gasteiger partial charge is 0.344 e. The van der Waals surface area contributed by atoms with Crippen LogP contribution in [0.15, 0.2) is 99.6 Å². The van der Waals surface area contributed by atoms with Gasteiger partial charge in [0.2, 0.25) is 0 Å². The van der Waals surface area contributed by atoms with Gasteiger partial charge in [-0.05, 0) is 98.1 Å². The van der Waals surface area contributed by atoms with Crippen LogP contribution < -0.4 is 4.74 Å². The summed E-state index contributed by atoms with van der Waals surface area (Å²) in [6, 6.07) is 20.1. The first-order valence-electron chi connectivity index (χ1n) is 11.2. The van der Waals surface area contributed by atoms with Crippen molar-refractivity contribution in [3.63, 3.8) is 0 Å². The second-order valence-corrected chi connectivity index (χ2v) is 13.7. The van der Waals surface area contributed by atoms with E-state index in [2.05, 4.69) is 67.8 Å². The van der Waals surface area contributed by atoms with Crippen LogP contribution in [0.5, 0.6) is 5.75 Å².